The maximum absolute atomic E-state index is 13.2. The molecule has 1 saturated carbocycles. The van der Waals surface area contributed by atoms with E-state index in [9.17, 15) is 13.8 Å². The van der Waals surface area contributed by atoms with Crippen molar-refractivity contribution in [3.8, 4) is 11.1 Å². The van der Waals surface area contributed by atoms with Crippen LogP contribution in [0, 0.1) is 12.8 Å². The van der Waals surface area contributed by atoms with Crippen LogP contribution in [0.3, 0.4) is 0 Å². The Labute approximate surface area is 237 Å². The molecule has 0 saturated heterocycles. The van der Waals surface area contributed by atoms with E-state index in [-0.39, 0.29) is 34.6 Å². The zero-order valence-corrected chi connectivity index (χ0v) is 24.3. The molecular formula is C29H35ClN4O4S. The summed E-state index contributed by atoms with van der Waals surface area (Å²) >= 11 is 6.18. The fourth-order valence-corrected chi connectivity index (χ4v) is 5.62. The average Bonchev–Trinajstić information content (AvgIpc) is 3.68. The molecule has 0 aliphatic heterocycles. The van der Waals surface area contributed by atoms with Crippen molar-refractivity contribution in [2.24, 2.45) is 5.92 Å². The van der Waals surface area contributed by atoms with E-state index in [0.29, 0.717) is 30.0 Å². The highest BCUT2D eigenvalue weighted by atomic mass is 35.5. The summed E-state index contributed by atoms with van der Waals surface area (Å²) in [6.07, 6.45) is 3.09. The van der Waals surface area contributed by atoms with Crippen molar-refractivity contribution in [1.82, 2.24) is 15.4 Å². The minimum atomic E-state index is -1.64. The van der Waals surface area contributed by atoms with E-state index in [1.807, 2.05) is 63.2 Å². The smallest absolute Gasteiger partial charge is 0.243 e. The lowest BCUT2D eigenvalue weighted by Gasteiger charge is -2.34. The molecule has 0 spiro atoms. The summed E-state index contributed by atoms with van der Waals surface area (Å²) in [5, 5.41) is 7.21. The third-order valence-corrected chi connectivity index (χ3v) is 8.21. The maximum atomic E-state index is 13.2. The van der Waals surface area contributed by atoms with E-state index < -0.39 is 17.0 Å². The maximum Gasteiger partial charge on any atom is 0.243 e. The van der Waals surface area contributed by atoms with Gasteiger partial charge < -0.3 is 14.7 Å². The summed E-state index contributed by atoms with van der Waals surface area (Å²) in [7, 11) is -1.64. The molecule has 0 bridgehead atoms. The van der Waals surface area contributed by atoms with Crippen molar-refractivity contribution < 1.29 is 18.3 Å². The van der Waals surface area contributed by atoms with E-state index in [0.717, 1.165) is 29.5 Å². The number of aryl methyl sites for hydroxylation is 1. The second-order valence-corrected chi connectivity index (χ2v) is 11.8. The van der Waals surface area contributed by atoms with Gasteiger partial charge in [-0.1, -0.05) is 80.0 Å². The molecule has 1 aliphatic rings. The minimum Gasteiger partial charge on any atom is -0.358 e. The van der Waals surface area contributed by atoms with Gasteiger partial charge in [-0.2, -0.15) is 0 Å². The lowest BCUT2D eigenvalue weighted by atomic mass is 9.99. The first-order valence-electron chi connectivity index (χ1n) is 13.3. The standard InChI is InChI=1S/C29H35ClN4O4S/c1-5-8-25(35)34(27(18(2)3)29(36)31-22-15-16-22)17-20-11-13-21(14-12-20)23-9-6-7-10-24(23)39(37)33-28-26(30)19(4)38-32-28/h6-7,9-14,18,22,27H,5,8,15-17H2,1-4H3,(H,31,36)(H,32,33). The highest BCUT2D eigenvalue weighted by molar-refractivity contribution is 7.86. The van der Waals surface area contributed by atoms with Crippen LogP contribution in [0.5, 0.6) is 0 Å². The molecule has 1 aliphatic carbocycles. The number of rotatable bonds is 12. The highest BCUT2D eigenvalue weighted by Gasteiger charge is 2.35. The first-order valence-corrected chi connectivity index (χ1v) is 14.8. The van der Waals surface area contributed by atoms with Crippen LogP contribution < -0.4 is 10.0 Å². The van der Waals surface area contributed by atoms with Gasteiger partial charge in [0.05, 0.1) is 4.90 Å². The molecule has 2 unspecified atom stereocenters. The SMILES string of the molecule is CCCC(=O)N(Cc1ccc(-c2ccccc2S(=O)Nc2noc(C)c2Cl)cc1)C(C(=O)NC1CC1)C(C)C. The Balaban J connectivity index is 1.56. The van der Waals surface area contributed by atoms with Gasteiger partial charge in [0.2, 0.25) is 17.6 Å². The largest absolute Gasteiger partial charge is 0.358 e. The van der Waals surface area contributed by atoms with Crippen LogP contribution in [0.1, 0.15) is 57.8 Å². The summed E-state index contributed by atoms with van der Waals surface area (Å²) in [6, 6.07) is 14.8. The molecular weight excluding hydrogens is 536 g/mol. The van der Waals surface area contributed by atoms with Crippen LogP contribution in [0.25, 0.3) is 11.1 Å². The Bertz CT molecular complexity index is 1340. The zero-order valence-electron chi connectivity index (χ0n) is 22.7. The number of nitrogens with one attached hydrogen (secondary N) is 2. The lowest BCUT2D eigenvalue weighted by molar-refractivity contribution is -0.143. The van der Waals surface area contributed by atoms with Crippen LogP contribution in [-0.2, 0) is 27.1 Å². The van der Waals surface area contributed by atoms with Gasteiger partial charge in [-0.3, -0.25) is 14.3 Å². The number of benzene rings is 2. The number of anilines is 1. The molecule has 2 aromatic carbocycles. The Morgan fingerprint density at radius 2 is 1.85 bits per heavy atom. The molecule has 2 N–H and O–H groups in total. The number of nitrogens with zero attached hydrogens (tertiary/aromatic N) is 2. The first kappa shape index (κ1) is 28.8. The van der Waals surface area contributed by atoms with E-state index >= 15 is 0 Å². The van der Waals surface area contributed by atoms with E-state index in [2.05, 4.69) is 15.2 Å². The molecule has 208 valence electrons. The highest BCUT2D eigenvalue weighted by Crippen LogP contribution is 2.30. The van der Waals surface area contributed by atoms with E-state index in [4.69, 9.17) is 16.1 Å². The van der Waals surface area contributed by atoms with Gasteiger partial charge in [-0.25, -0.2) is 4.21 Å². The van der Waals surface area contributed by atoms with E-state index in [1.54, 1.807) is 17.9 Å². The third-order valence-electron chi connectivity index (χ3n) is 6.63. The van der Waals surface area contributed by atoms with Crippen molar-refractivity contribution in [1.29, 1.82) is 0 Å². The molecule has 8 nitrogen and oxygen atoms in total. The van der Waals surface area contributed by atoms with Gasteiger partial charge in [-0.05, 0) is 54.9 Å². The number of carbonyl (C=O) groups excluding carboxylic acids is 2. The summed E-state index contributed by atoms with van der Waals surface area (Å²) in [6.45, 7) is 7.93. The second kappa shape index (κ2) is 12.8. The Morgan fingerprint density at radius 1 is 1.15 bits per heavy atom. The van der Waals surface area contributed by atoms with Crippen molar-refractivity contribution in [3.05, 3.63) is 64.9 Å². The van der Waals surface area contributed by atoms with Crippen LogP contribution in [-0.4, -0.2) is 38.2 Å². The summed E-state index contributed by atoms with van der Waals surface area (Å²) < 4.78 is 21.1. The molecule has 1 heterocycles. The van der Waals surface area contributed by atoms with Gasteiger partial charge in [0, 0.05) is 19.0 Å². The molecule has 3 aromatic rings. The monoisotopic (exact) mass is 570 g/mol. The molecule has 1 fully saturated rings. The minimum absolute atomic E-state index is 0.0276. The molecule has 0 radical (unpaired) electrons. The molecule has 39 heavy (non-hydrogen) atoms. The van der Waals surface area contributed by atoms with Crippen molar-refractivity contribution in [2.45, 2.75) is 76.9 Å². The van der Waals surface area contributed by atoms with Gasteiger partial charge in [0.1, 0.15) is 11.1 Å². The molecule has 10 heteroatoms. The summed E-state index contributed by atoms with van der Waals surface area (Å²) in [5.41, 5.74) is 2.56. The number of hydrogen-bond donors (Lipinski definition) is 2. The fraction of sp³-hybridized carbons (Fsp3) is 0.414. The number of amides is 2. The molecule has 2 atom stereocenters. The predicted octanol–water partition coefficient (Wildman–Crippen LogP) is 5.87. The number of aromatic nitrogens is 1. The number of carbonyl (C=O) groups is 2. The van der Waals surface area contributed by atoms with Gasteiger partial charge in [0.15, 0.2) is 16.7 Å². The normalized spacial score (nSPS) is 14.6. The molecule has 1 aromatic heterocycles. The topological polar surface area (TPSA) is 105 Å². The van der Waals surface area contributed by atoms with E-state index in [1.165, 1.54) is 0 Å². The van der Waals surface area contributed by atoms with Crippen LogP contribution in [0.4, 0.5) is 5.82 Å². The van der Waals surface area contributed by atoms with Crippen molar-refractivity contribution in [2.75, 3.05) is 4.72 Å². The number of halogens is 1. The third kappa shape index (κ3) is 7.08. The lowest BCUT2D eigenvalue weighted by Crippen LogP contribution is -2.52. The zero-order chi connectivity index (χ0) is 28.1. The average molecular weight is 571 g/mol. The molecule has 4 rings (SSSR count). The first-order chi connectivity index (χ1) is 18.7. The molecule has 2 amide bonds. The van der Waals surface area contributed by atoms with Gasteiger partial charge in [0.25, 0.3) is 0 Å². The Kier molecular flexibility index (Phi) is 9.45. The summed E-state index contributed by atoms with van der Waals surface area (Å²) in [5.74, 6) is 0.524. The van der Waals surface area contributed by atoms with Gasteiger partial charge in [-0.15, -0.1) is 0 Å². The summed E-state index contributed by atoms with van der Waals surface area (Å²) in [4.78, 5) is 28.6. The Hall–Kier alpha value is -3.17. The second-order valence-electron chi connectivity index (χ2n) is 10.2. The predicted molar refractivity (Wildman–Crippen MR) is 153 cm³/mol. The van der Waals surface area contributed by atoms with Crippen molar-refractivity contribution >= 4 is 40.2 Å². The van der Waals surface area contributed by atoms with Crippen LogP contribution in [0.2, 0.25) is 5.02 Å². The van der Waals surface area contributed by atoms with Crippen LogP contribution >= 0.6 is 11.6 Å². The van der Waals surface area contributed by atoms with Crippen molar-refractivity contribution in [3.63, 3.8) is 0 Å². The fourth-order valence-electron chi connectivity index (χ4n) is 4.44. The van der Waals surface area contributed by atoms with Gasteiger partial charge >= 0.3 is 0 Å². The van der Waals surface area contributed by atoms with Crippen LogP contribution in [0.15, 0.2) is 57.9 Å². The quantitative estimate of drug-likeness (QED) is 0.283. The number of hydrogen-bond acceptors (Lipinski definition) is 5. The Morgan fingerprint density at radius 3 is 2.44 bits per heavy atom.